The summed E-state index contributed by atoms with van der Waals surface area (Å²) in [7, 11) is 0. The fourth-order valence-electron chi connectivity index (χ4n) is 1.66. The van der Waals surface area contributed by atoms with Gasteiger partial charge in [0, 0.05) is 5.56 Å². The first-order valence-corrected chi connectivity index (χ1v) is 7.45. The number of hydrogen-bond acceptors (Lipinski definition) is 4. The quantitative estimate of drug-likeness (QED) is 0.469. The van der Waals surface area contributed by atoms with Crippen molar-refractivity contribution >= 4 is 52.1 Å². The van der Waals surface area contributed by atoms with Gasteiger partial charge >= 0.3 is 0 Å². The van der Waals surface area contributed by atoms with Crippen molar-refractivity contribution in [2.75, 3.05) is 5.73 Å². The van der Waals surface area contributed by atoms with E-state index in [1.165, 1.54) is 13.0 Å². The molecule has 0 unspecified atom stereocenters. The molecule has 10 heteroatoms. The van der Waals surface area contributed by atoms with E-state index in [0.717, 1.165) is 12.1 Å². The van der Waals surface area contributed by atoms with Crippen molar-refractivity contribution in [3.8, 4) is 0 Å². The average molecular weight is 394 g/mol. The predicted molar refractivity (Wildman–Crippen MR) is 89.7 cm³/mol. The largest absolute Gasteiger partial charge is 0.396 e. The van der Waals surface area contributed by atoms with E-state index in [-0.39, 0.29) is 37.9 Å². The molecule has 0 spiro atoms. The number of nitrogen functional groups attached to an aromatic ring is 1. The lowest BCUT2D eigenvalue weighted by atomic mass is 10.1. The van der Waals surface area contributed by atoms with E-state index in [4.69, 9.17) is 40.5 Å². The molecule has 3 N–H and O–H groups in total. The number of nitrogens with one attached hydrogen (secondary N) is 1. The number of carbonyl (C=O) groups excluding carboxylic acids is 1. The number of hydrazone groups is 1. The highest BCUT2D eigenvalue weighted by Crippen LogP contribution is 2.34. The topological polar surface area (TPSA) is 80.4 Å². The van der Waals surface area contributed by atoms with Gasteiger partial charge in [-0.1, -0.05) is 34.8 Å². The summed E-state index contributed by atoms with van der Waals surface area (Å²) in [5, 5.41) is 3.34. The van der Waals surface area contributed by atoms with Crippen LogP contribution in [-0.2, 0) is 0 Å². The summed E-state index contributed by atoms with van der Waals surface area (Å²) in [6.45, 7) is 1.49. The molecule has 24 heavy (non-hydrogen) atoms. The Bertz CT molecular complexity index is 858. The smallest absolute Gasteiger partial charge is 0.291 e. The van der Waals surface area contributed by atoms with Crippen molar-refractivity contribution in [2.45, 2.75) is 6.92 Å². The molecule has 1 amide bonds. The van der Waals surface area contributed by atoms with Crippen molar-refractivity contribution in [3.63, 3.8) is 0 Å². The van der Waals surface area contributed by atoms with E-state index >= 15 is 0 Å². The number of nitrogens with zero attached hydrogens (tertiary/aromatic N) is 2. The number of rotatable bonds is 3. The minimum absolute atomic E-state index is 0.0697. The minimum Gasteiger partial charge on any atom is -0.396 e. The zero-order chi connectivity index (χ0) is 18.0. The number of hydrogen-bond donors (Lipinski definition) is 2. The lowest BCUT2D eigenvalue weighted by Gasteiger charge is -2.08. The predicted octanol–water partition coefficient (Wildman–Crippen LogP) is 4.06. The number of anilines is 1. The van der Waals surface area contributed by atoms with Crippen LogP contribution in [0.3, 0.4) is 0 Å². The van der Waals surface area contributed by atoms with Gasteiger partial charge in [-0.15, -0.1) is 0 Å². The van der Waals surface area contributed by atoms with Crippen LogP contribution in [0.4, 0.5) is 14.5 Å². The van der Waals surface area contributed by atoms with Crippen LogP contribution in [0.15, 0.2) is 23.3 Å². The van der Waals surface area contributed by atoms with Gasteiger partial charge < -0.3 is 5.73 Å². The molecule has 0 saturated carbocycles. The van der Waals surface area contributed by atoms with Crippen LogP contribution < -0.4 is 11.2 Å². The van der Waals surface area contributed by atoms with Gasteiger partial charge in [0.25, 0.3) is 5.91 Å². The summed E-state index contributed by atoms with van der Waals surface area (Å²) >= 11 is 17.4. The van der Waals surface area contributed by atoms with Crippen LogP contribution in [0.25, 0.3) is 0 Å². The Balaban J connectivity index is 2.25. The second-order valence-corrected chi connectivity index (χ2v) is 5.67. The molecule has 1 heterocycles. The Morgan fingerprint density at radius 1 is 1.21 bits per heavy atom. The monoisotopic (exact) mass is 392 g/mol. The molecule has 126 valence electrons. The van der Waals surface area contributed by atoms with Crippen molar-refractivity contribution < 1.29 is 13.6 Å². The summed E-state index contributed by atoms with van der Waals surface area (Å²) in [5.41, 5.74) is 7.93. The second kappa shape index (κ2) is 7.29. The molecule has 0 saturated heterocycles. The van der Waals surface area contributed by atoms with E-state index < -0.39 is 17.5 Å². The summed E-state index contributed by atoms with van der Waals surface area (Å²) in [4.78, 5) is 15.8. The maximum atomic E-state index is 13.2. The highest BCUT2D eigenvalue weighted by atomic mass is 35.5. The van der Waals surface area contributed by atoms with Crippen molar-refractivity contribution in [3.05, 3.63) is 56.3 Å². The first-order chi connectivity index (χ1) is 11.2. The van der Waals surface area contributed by atoms with E-state index in [1.807, 2.05) is 0 Å². The zero-order valence-corrected chi connectivity index (χ0v) is 14.3. The third-order valence-corrected chi connectivity index (χ3v) is 4.08. The van der Waals surface area contributed by atoms with Crippen LogP contribution in [0.1, 0.15) is 23.0 Å². The summed E-state index contributed by atoms with van der Waals surface area (Å²) in [6.07, 6.45) is 0. The molecule has 0 aliphatic heterocycles. The Morgan fingerprint density at radius 3 is 2.50 bits per heavy atom. The van der Waals surface area contributed by atoms with E-state index in [9.17, 15) is 13.6 Å². The molecular formula is C14H9Cl3F2N4O. The van der Waals surface area contributed by atoms with Gasteiger partial charge in [0.2, 0.25) is 0 Å². The summed E-state index contributed by atoms with van der Waals surface area (Å²) in [6, 6.07) is 3.21. The third kappa shape index (κ3) is 3.75. The first kappa shape index (κ1) is 18.4. The highest BCUT2D eigenvalue weighted by Gasteiger charge is 2.19. The lowest BCUT2D eigenvalue weighted by Crippen LogP contribution is -2.21. The Kier molecular flexibility index (Phi) is 5.58. The second-order valence-electron chi connectivity index (χ2n) is 4.56. The van der Waals surface area contributed by atoms with Crippen LogP contribution >= 0.6 is 34.8 Å². The normalized spacial score (nSPS) is 11.5. The summed E-state index contributed by atoms with van der Waals surface area (Å²) in [5.74, 6) is -2.82. The minimum atomic E-state index is -1.03. The number of nitrogens with two attached hydrogens (primary N) is 1. The van der Waals surface area contributed by atoms with Gasteiger partial charge in [-0.3, -0.25) is 4.79 Å². The van der Waals surface area contributed by atoms with Crippen LogP contribution in [0, 0.1) is 11.6 Å². The zero-order valence-electron chi connectivity index (χ0n) is 12.0. The molecule has 0 atom stereocenters. The maximum absolute atomic E-state index is 13.2. The first-order valence-electron chi connectivity index (χ1n) is 6.32. The SMILES string of the molecule is C/C(=N\NC(=O)c1nc(Cl)c(Cl)c(N)c1Cl)c1ccc(F)c(F)c1. The molecule has 0 fully saturated rings. The van der Waals surface area contributed by atoms with Crippen molar-refractivity contribution in [2.24, 2.45) is 5.10 Å². The molecular weight excluding hydrogens is 385 g/mol. The molecule has 0 aliphatic rings. The van der Waals surface area contributed by atoms with Crippen LogP contribution in [-0.4, -0.2) is 16.6 Å². The van der Waals surface area contributed by atoms with Crippen LogP contribution in [0.2, 0.25) is 15.2 Å². The van der Waals surface area contributed by atoms with Gasteiger partial charge in [-0.25, -0.2) is 19.2 Å². The Hall–Kier alpha value is -1.96. The molecule has 0 radical (unpaired) electrons. The molecule has 0 aliphatic carbocycles. The number of pyridine rings is 1. The highest BCUT2D eigenvalue weighted by molar-refractivity contribution is 6.46. The van der Waals surface area contributed by atoms with E-state index in [0.29, 0.717) is 0 Å². The van der Waals surface area contributed by atoms with Gasteiger partial charge in [0.15, 0.2) is 22.5 Å². The number of carbonyl (C=O) groups is 1. The van der Waals surface area contributed by atoms with E-state index in [2.05, 4.69) is 15.5 Å². The van der Waals surface area contributed by atoms with Crippen LogP contribution in [0.5, 0.6) is 0 Å². The van der Waals surface area contributed by atoms with Gasteiger partial charge in [0.1, 0.15) is 5.02 Å². The molecule has 5 nitrogen and oxygen atoms in total. The molecule has 1 aromatic heterocycles. The molecule has 2 rings (SSSR count). The number of benzene rings is 1. The summed E-state index contributed by atoms with van der Waals surface area (Å²) < 4.78 is 26.1. The average Bonchev–Trinajstić information content (AvgIpc) is 2.56. The van der Waals surface area contributed by atoms with Crippen molar-refractivity contribution in [1.82, 2.24) is 10.4 Å². The third-order valence-electron chi connectivity index (χ3n) is 2.95. The standard InChI is InChI=1S/C14H9Cl3F2N4O/c1-5(6-2-3-7(18)8(19)4-6)22-23-14(24)12-9(15)11(20)10(16)13(17)21-12/h2-4H,1H3,(H2,20,21)(H,23,24)/b22-5+. The molecule has 2 aromatic rings. The number of aromatic nitrogens is 1. The molecule has 1 aromatic carbocycles. The van der Waals surface area contributed by atoms with Gasteiger partial charge in [-0.2, -0.15) is 5.10 Å². The lowest BCUT2D eigenvalue weighted by molar-refractivity contribution is 0.0950. The molecule has 0 bridgehead atoms. The van der Waals surface area contributed by atoms with Gasteiger partial charge in [-0.05, 0) is 25.1 Å². The fourth-order valence-corrected chi connectivity index (χ4v) is 2.25. The van der Waals surface area contributed by atoms with Crippen molar-refractivity contribution in [1.29, 1.82) is 0 Å². The Morgan fingerprint density at radius 2 is 1.88 bits per heavy atom. The maximum Gasteiger partial charge on any atom is 0.291 e. The Labute approximate surface area is 150 Å². The fraction of sp³-hybridized carbons (Fsp3) is 0.0714. The van der Waals surface area contributed by atoms with E-state index in [1.54, 1.807) is 0 Å². The number of halogens is 5. The van der Waals surface area contributed by atoms with Gasteiger partial charge in [0.05, 0.1) is 16.4 Å². The number of amides is 1.